The summed E-state index contributed by atoms with van der Waals surface area (Å²) in [4.78, 5) is 25.8. The molecule has 0 aliphatic carbocycles. The number of aromatic nitrogens is 3. The third kappa shape index (κ3) is 2.36. The Balaban J connectivity index is 1.86. The molecule has 102 valence electrons. The first-order chi connectivity index (χ1) is 9.66. The number of rotatable bonds is 4. The summed E-state index contributed by atoms with van der Waals surface area (Å²) in [7, 11) is 0. The second kappa shape index (κ2) is 5.38. The first-order valence-electron chi connectivity index (χ1n) is 6.17. The van der Waals surface area contributed by atoms with Crippen molar-refractivity contribution in [3.05, 3.63) is 40.8 Å². The van der Waals surface area contributed by atoms with Gasteiger partial charge in [0, 0.05) is 16.5 Å². The van der Waals surface area contributed by atoms with Gasteiger partial charge in [0.2, 0.25) is 0 Å². The van der Waals surface area contributed by atoms with E-state index in [1.165, 1.54) is 22.2 Å². The molecule has 0 aromatic carbocycles. The highest BCUT2D eigenvalue weighted by Gasteiger charge is 2.14. The van der Waals surface area contributed by atoms with Crippen molar-refractivity contribution in [3.8, 4) is 0 Å². The lowest BCUT2D eigenvalue weighted by Gasteiger charge is -2.02. The summed E-state index contributed by atoms with van der Waals surface area (Å²) in [5.74, 6) is 0.456. The largest absolute Gasteiger partial charge is 0.359 e. The average Bonchev–Trinajstić information content (AvgIpc) is 3.06. The Morgan fingerprint density at radius 3 is 3.00 bits per heavy atom. The van der Waals surface area contributed by atoms with Crippen LogP contribution in [0.15, 0.2) is 29.7 Å². The zero-order valence-electron chi connectivity index (χ0n) is 11.1. The maximum absolute atomic E-state index is 12.0. The second-order valence-corrected chi connectivity index (χ2v) is 6.61. The summed E-state index contributed by atoms with van der Waals surface area (Å²) < 4.78 is 0. The topological polar surface area (TPSA) is 58.6 Å². The molecule has 6 heteroatoms. The van der Waals surface area contributed by atoms with Gasteiger partial charge in [0.25, 0.3) is 0 Å². The number of thioether (sulfide) groups is 1. The molecule has 0 aliphatic rings. The van der Waals surface area contributed by atoms with Gasteiger partial charge in [-0.2, -0.15) is 0 Å². The first kappa shape index (κ1) is 13.3. The van der Waals surface area contributed by atoms with Crippen molar-refractivity contribution in [2.24, 2.45) is 0 Å². The molecule has 3 aromatic heterocycles. The van der Waals surface area contributed by atoms with E-state index in [1.807, 2.05) is 6.07 Å². The highest BCUT2D eigenvalue weighted by atomic mass is 32.2. The predicted molar refractivity (Wildman–Crippen MR) is 82.7 cm³/mol. The van der Waals surface area contributed by atoms with Crippen molar-refractivity contribution < 1.29 is 4.79 Å². The Morgan fingerprint density at radius 2 is 2.25 bits per heavy atom. The molecule has 0 amide bonds. The number of thiophene rings is 1. The molecule has 0 saturated heterocycles. The quantitative estimate of drug-likeness (QED) is 0.454. The average molecular weight is 303 g/mol. The fourth-order valence-corrected chi connectivity index (χ4v) is 3.98. The Morgan fingerprint density at radius 1 is 1.40 bits per heavy atom. The van der Waals surface area contributed by atoms with Crippen molar-refractivity contribution in [2.75, 3.05) is 5.75 Å². The van der Waals surface area contributed by atoms with Gasteiger partial charge in [-0.1, -0.05) is 11.8 Å². The van der Waals surface area contributed by atoms with Crippen LogP contribution in [0.1, 0.15) is 20.9 Å². The van der Waals surface area contributed by atoms with Crippen LogP contribution in [0, 0.1) is 13.8 Å². The highest BCUT2D eigenvalue weighted by Crippen LogP contribution is 2.34. The molecule has 0 fully saturated rings. The van der Waals surface area contributed by atoms with Gasteiger partial charge in [0.15, 0.2) is 5.78 Å². The molecule has 0 bridgehead atoms. The minimum Gasteiger partial charge on any atom is -0.359 e. The number of hydrogen-bond donors (Lipinski definition) is 1. The number of ketones is 1. The molecule has 4 nitrogen and oxygen atoms in total. The maximum atomic E-state index is 12.0. The molecule has 0 atom stereocenters. The fraction of sp³-hybridized carbons (Fsp3) is 0.214. The number of aromatic amines is 1. The van der Waals surface area contributed by atoms with Gasteiger partial charge in [-0.05, 0) is 31.5 Å². The van der Waals surface area contributed by atoms with Crippen LogP contribution in [0.3, 0.4) is 0 Å². The molecular weight excluding hydrogens is 290 g/mol. The van der Waals surface area contributed by atoms with Gasteiger partial charge >= 0.3 is 0 Å². The van der Waals surface area contributed by atoms with Crippen LogP contribution in [0.2, 0.25) is 0 Å². The SMILES string of the molecule is Cc1sc2ncnc(SCC(=O)c3ccc[nH]3)c2c1C. The normalized spacial score (nSPS) is 11.1. The molecular formula is C14H13N3OS2. The van der Waals surface area contributed by atoms with Crippen LogP contribution < -0.4 is 0 Å². The Bertz CT molecular complexity index is 762. The van der Waals surface area contributed by atoms with Crippen molar-refractivity contribution in [1.29, 1.82) is 0 Å². The van der Waals surface area contributed by atoms with E-state index in [1.54, 1.807) is 29.9 Å². The van der Waals surface area contributed by atoms with E-state index in [4.69, 9.17) is 0 Å². The number of H-pyrrole nitrogens is 1. The molecule has 0 radical (unpaired) electrons. The van der Waals surface area contributed by atoms with Crippen LogP contribution in [-0.2, 0) is 0 Å². The zero-order chi connectivity index (χ0) is 14.1. The lowest BCUT2D eigenvalue weighted by atomic mass is 10.2. The summed E-state index contributed by atoms with van der Waals surface area (Å²) in [5, 5.41) is 1.97. The van der Waals surface area contributed by atoms with Gasteiger partial charge in [0.05, 0.1) is 11.4 Å². The standard InChI is InChI=1S/C14H13N3OS2/c1-8-9(2)20-14-12(8)13(16-7-17-14)19-6-11(18)10-4-3-5-15-10/h3-5,7,15H,6H2,1-2H3. The molecule has 0 aliphatic heterocycles. The van der Waals surface area contributed by atoms with E-state index >= 15 is 0 Å². The molecule has 1 N–H and O–H groups in total. The maximum Gasteiger partial charge on any atom is 0.189 e. The van der Waals surface area contributed by atoms with E-state index in [0.717, 1.165) is 15.2 Å². The van der Waals surface area contributed by atoms with Crippen molar-refractivity contribution in [3.63, 3.8) is 0 Å². The highest BCUT2D eigenvalue weighted by molar-refractivity contribution is 8.00. The van der Waals surface area contributed by atoms with E-state index < -0.39 is 0 Å². The molecule has 3 aromatic rings. The van der Waals surface area contributed by atoms with Gasteiger partial charge < -0.3 is 4.98 Å². The van der Waals surface area contributed by atoms with Crippen molar-refractivity contribution >= 4 is 39.1 Å². The van der Waals surface area contributed by atoms with Crippen LogP contribution in [-0.4, -0.2) is 26.5 Å². The third-order valence-corrected chi connectivity index (χ3v) is 5.27. The minimum atomic E-state index is 0.0800. The number of fused-ring (bicyclic) bond motifs is 1. The second-order valence-electron chi connectivity index (χ2n) is 4.44. The van der Waals surface area contributed by atoms with Gasteiger partial charge in [-0.25, -0.2) is 9.97 Å². The number of aryl methyl sites for hydroxylation is 2. The Labute approximate surface area is 124 Å². The third-order valence-electron chi connectivity index (χ3n) is 3.17. The Kier molecular flexibility index (Phi) is 3.58. The van der Waals surface area contributed by atoms with Crippen LogP contribution in [0.5, 0.6) is 0 Å². The fourth-order valence-electron chi connectivity index (χ4n) is 1.97. The lowest BCUT2D eigenvalue weighted by molar-refractivity contribution is 0.101. The summed E-state index contributed by atoms with van der Waals surface area (Å²) in [5.41, 5.74) is 1.85. The molecule has 0 unspecified atom stereocenters. The van der Waals surface area contributed by atoms with E-state index in [0.29, 0.717) is 11.4 Å². The summed E-state index contributed by atoms with van der Waals surface area (Å²) in [6.45, 7) is 4.16. The van der Waals surface area contributed by atoms with Gasteiger partial charge in [-0.3, -0.25) is 4.79 Å². The van der Waals surface area contributed by atoms with E-state index in [9.17, 15) is 4.79 Å². The molecule has 3 heterocycles. The minimum absolute atomic E-state index is 0.0800. The zero-order valence-corrected chi connectivity index (χ0v) is 12.8. The number of carbonyl (C=O) groups is 1. The van der Waals surface area contributed by atoms with Gasteiger partial charge in [0.1, 0.15) is 16.2 Å². The number of hydrogen-bond acceptors (Lipinski definition) is 5. The van der Waals surface area contributed by atoms with E-state index in [-0.39, 0.29) is 5.78 Å². The molecule has 0 spiro atoms. The first-order valence-corrected chi connectivity index (χ1v) is 7.97. The van der Waals surface area contributed by atoms with Crippen molar-refractivity contribution in [2.45, 2.75) is 18.9 Å². The molecule has 20 heavy (non-hydrogen) atoms. The van der Waals surface area contributed by atoms with E-state index in [2.05, 4.69) is 28.8 Å². The van der Waals surface area contributed by atoms with Crippen LogP contribution in [0.4, 0.5) is 0 Å². The summed E-state index contributed by atoms with van der Waals surface area (Å²) in [6.07, 6.45) is 3.33. The van der Waals surface area contributed by atoms with Crippen LogP contribution in [0.25, 0.3) is 10.2 Å². The lowest BCUT2D eigenvalue weighted by Crippen LogP contribution is -2.03. The summed E-state index contributed by atoms with van der Waals surface area (Å²) in [6, 6.07) is 3.62. The smallest absolute Gasteiger partial charge is 0.189 e. The molecule has 3 rings (SSSR count). The predicted octanol–water partition coefficient (Wildman–Crippen LogP) is 3.61. The van der Waals surface area contributed by atoms with Crippen molar-refractivity contribution in [1.82, 2.24) is 15.0 Å². The monoisotopic (exact) mass is 303 g/mol. The number of nitrogens with zero attached hydrogens (tertiary/aromatic N) is 2. The number of Topliss-reactive ketones (excluding diaryl/α,β-unsaturated/α-hetero) is 1. The van der Waals surface area contributed by atoms with Crippen LogP contribution >= 0.6 is 23.1 Å². The number of carbonyl (C=O) groups excluding carboxylic acids is 1. The number of nitrogens with one attached hydrogen (secondary N) is 1. The molecule has 0 saturated carbocycles. The van der Waals surface area contributed by atoms with Gasteiger partial charge in [-0.15, -0.1) is 11.3 Å². The Hall–Kier alpha value is -1.66. The summed E-state index contributed by atoms with van der Waals surface area (Å²) >= 11 is 3.14.